The van der Waals surface area contributed by atoms with Gasteiger partial charge in [-0.15, -0.1) is 0 Å². The molecule has 0 saturated heterocycles. The second-order valence-electron chi connectivity index (χ2n) is 17.6. The maximum atomic E-state index is 5.01. The molecule has 12 rings (SSSR count). The lowest BCUT2D eigenvalue weighted by molar-refractivity contribution is 1.07. The van der Waals surface area contributed by atoms with E-state index in [-0.39, 0.29) is 0 Å². The maximum absolute atomic E-state index is 5.01. The van der Waals surface area contributed by atoms with Gasteiger partial charge >= 0.3 is 0 Å². The Bertz CT molecular complexity index is 3440. The van der Waals surface area contributed by atoms with Crippen LogP contribution in [-0.4, -0.2) is 29.9 Å². The van der Waals surface area contributed by atoms with E-state index in [2.05, 4.69) is 146 Å². The first-order valence-corrected chi connectivity index (χ1v) is 24.0. The number of rotatable bonds is 11. The number of benzene rings is 10. The van der Waals surface area contributed by atoms with Crippen LogP contribution >= 0.6 is 0 Å². The van der Waals surface area contributed by atoms with E-state index in [4.69, 9.17) is 29.9 Å². The lowest BCUT2D eigenvalue weighted by Crippen LogP contribution is -2.00. The van der Waals surface area contributed by atoms with E-state index in [0.717, 1.165) is 89.0 Å². The van der Waals surface area contributed by atoms with Crippen molar-refractivity contribution in [3.8, 4) is 124 Å². The smallest absolute Gasteiger partial charge is 0.164 e. The zero-order chi connectivity index (χ0) is 48.1. The molecule has 10 aromatic carbocycles. The zero-order valence-corrected chi connectivity index (χ0v) is 39.1. The normalized spacial score (nSPS) is 11.1. The molecule has 72 heavy (non-hydrogen) atoms. The van der Waals surface area contributed by atoms with E-state index in [1.807, 2.05) is 121 Å². The zero-order valence-electron chi connectivity index (χ0n) is 39.1. The van der Waals surface area contributed by atoms with Gasteiger partial charge in [0.1, 0.15) is 0 Å². The van der Waals surface area contributed by atoms with E-state index in [1.54, 1.807) is 0 Å². The van der Waals surface area contributed by atoms with Crippen LogP contribution in [0.25, 0.3) is 124 Å². The van der Waals surface area contributed by atoms with Gasteiger partial charge in [-0.2, -0.15) is 0 Å². The quantitative estimate of drug-likeness (QED) is 0.129. The molecular formula is C66H44N6. The molecule has 0 aliphatic rings. The number of aromatic nitrogens is 6. The molecule has 6 nitrogen and oxygen atoms in total. The predicted molar refractivity (Wildman–Crippen MR) is 293 cm³/mol. The van der Waals surface area contributed by atoms with Crippen LogP contribution < -0.4 is 0 Å². The van der Waals surface area contributed by atoms with Crippen LogP contribution in [0.3, 0.4) is 0 Å². The Labute approximate surface area is 418 Å². The van der Waals surface area contributed by atoms with Gasteiger partial charge in [-0.1, -0.05) is 231 Å². The van der Waals surface area contributed by atoms with Gasteiger partial charge in [0.15, 0.2) is 34.9 Å². The monoisotopic (exact) mass is 920 g/mol. The summed E-state index contributed by atoms with van der Waals surface area (Å²) in [5, 5.41) is 0. The highest BCUT2D eigenvalue weighted by Crippen LogP contribution is 2.39. The molecule has 0 spiro atoms. The van der Waals surface area contributed by atoms with Crippen molar-refractivity contribution in [2.24, 2.45) is 0 Å². The van der Waals surface area contributed by atoms with E-state index in [0.29, 0.717) is 34.9 Å². The van der Waals surface area contributed by atoms with E-state index < -0.39 is 0 Å². The SMILES string of the molecule is c1ccc(-c2cc(-c3ccccc3)cc(-c3cc(-c4ccc(-c5nc(-c6ccccc6)nc(-c6ccccc6)n5)cc4)cc(-c4ccc(-c5nc(-c6ccccc6)nc(-c6ccccc6)n5)cc4)c3)c2)cc1. The average molecular weight is 921 g/mol. The minimum Gasteiger partial charge on any atom is -0.208 e. The second kappa shape index (κ2) is 19.7. The molecule has 0 aliphatic carbocycles. The Hall–Kier alpha value is -9.78. The predicted octanol–water partition coefficient (Wildman–Crippen LogP) is 16.4. The van der Waals surface area contributed by atoms with Crippen LogP contribution in [-0.2, 0) is 0 Å². The van der Waals surface area contributed by atoms with Gasteiger partial charge in [-0.25, -0.2) is 29.9 Å². The Morgan fingerprint density at radius 3 is 0.472 bits per heavy atom. The van der Waals surface area contributed by atoms with Crippen LogP contribution in [0.15, 0.2) is 267 Å². The van der Waals surface area contributed by atoms with Crippen molar-refractivity contribution < 1.29 is 0 Å². The molecule has 6 heteroatoms. The maximum Gasteiger partial charge on any atom is 0.164 e. The average Bonchev–Trinajstić information content (AvgIpc) is 3.48. The van der Waals surface area contributed by atoms with Crippen molar-refractivity contribution >= 4 is 0 Å². The Morgan fingerprint density at radius 2 is 0.264 bits per heavy atom. The molecule has 338 valence electrons. The summed E-state index contributed by atoms with van der Waals surface area (Å²) in [7, 11) is 0. The summed E-state index contributed by atoms with van der Waals surface area (Å²) in [4.78, 5) is 29.9. The molecule has 0 aliphatic heterocycles. The van der Waals surface area contributed by atoms with Crippen LogP contribution in [0.1, 0.15) is 0 Å². The van der Waals surface area contributed by atoms with Gasteiger partial charge in [0, 0.05) is 33.4 Å². The lowest BCUT2D eigenvalue weighted by Gasteiger charge is -2.15. The molecule has 2 aromatic heterocycles. The van der Waals surface area contributed by atoms with Gasteiger partial charge < -0.3 is 0 Å². The number of hydrogen-bond donors (Lipinski definition) is 0. The van der Waals surface area contributed by atoms with Crippen LogP contribution in [0.5, 0.6) is 0 Å². The standard InChI is InChI=1S/C66H44N6/c1-7-19-45(20-8-1)55-39-56(46-21-9-2-10-22-46)42-59(41-55)60-43-57(47-31-35-53(36-32-47)65-69-61(49-23-11-3-12-24-49)67-62(70-65)50-25-13-4-14-26-50)40-58(44-60)48-33-37-54(38-34-48)66-71-63(51-27-15-5-16-28-51)68-64(72-66)52-29-17-6-18-30-52/h1-44H. The third-order valence-electron chi connectivity index (χ3n) is 12.8. The highest BCUT2D eigenvalue weighted by atomic mass is 15.0. The minimum absolute atomic E-state index is 0.611. The van der Waals surface area contributed by atoms with Gasteiger partial charge in [0.2, 0.25) is 0 Å². The van der Waals surface area contributed by atoms with E-state index in [9.17, 15) is 0 Å². The van der Waals surface area contributed by atoms with Crippen molar-refractivity contribution in [2.75, 3.05) is 0 Å². The summed E-state index contributed by atoms with van der Waals surface area (Å²) in [6, 6.07) is 92.4. The third-order valence-corrected chi connectivity index (χ3v) is 12.8. The van der Waals surface area contributed by atoms with Crippen LogP contribution in [0.2, 0.25) is 0 Å². The topological polar surface area (TPSA) is 77.3 Å². The Kier molecular flexibility index (Phi) is 11.9. The van der Waals surface area contributed by atoms with Crippen molar-refractivity contribution in [1.29, 1.82) is 0 Å². The Balaban J connectivity index is 0.975. The highest BCUT2D eigenvalue weighted by molar-refractivity contribution is 5.87. The molecule has 0 saturated carbocycles. The van der Waals surface area contributed by atoms with E-state index in [1.165, 1.54) is 0 Å². The van der Waals surface area contributed by atoms with Crippen molar-refractivity contribution in [2.45, 2.75) is 0 Å². The first-order chi connectivity index (χ1) is 35.6. The summed E-state index contributed by atoms with van der Waals surface area (Å²) in [5.74, 6) is 3.73. The molecule has 12 aromatic rings. The third kappa shape index (κ3) is 9.36. The van der Waals surface area contributed by atoms with Crippen molar-refractivity contribution in [1.82, 2.24) is 29.9 Å². The fraction of sp³-hybridized carbons (Fsp3) is 0. The second-order valence-corrected chi connectivity index (χ2v) is 17.6. The number of nitrogens with zero attached hydrogens (tertiary/aromatic N) is 6. The molecular weight excluding hydrogens is 877 g/mol. The molecule has 0 radical (unpaired) electrons. The molecule has 0 N–H and O–H groups in total. The summed E-state index contributed by atoms with van der Waals surface area (Å²) >= 11 is 0. The molecule has 0 fully saturated rings. The largest absolute Gasteiger partial charge is 0.208 e. The fourth-order valence-corrected chi connectivity index (χ4v) is 9.02. The minimum atomic E-state index is 0.611. The van der Waals surface area contributed by atoms with Crippen molar-refractivity contribution in [3.63, 3.8) is 0 Å². The summed E-state index contributed by atoms with van der Waals surface area (Å²) in [6.45, 7) is 0. The van der Waals surface area contributed by atoms with E-state index >= 15 is 0 Å². The molecule has 2 heterocycles. The Morgan fingerprint density at radius 1 is 0.125 bits per heavy atom. The van der Waals surface area contributed by atoms with Gasteiger partial charge in [-0.3, -0.25) is 0 Å². The molecule has 0 amide bonds. The number of hydrogen-bond acceptors (Lipinski definition) is 6. The first kappa shape index (κ1) is 43.5. The molecule has 0 bridgehead atoms. The summed E-state index contributed by atoms with van der Waals surface area (Å²) in [6.07, 6.45) is 0. The summed E-state index contributed by atoms with van der Waals surface area (Å²) in [5.41, 5.74) is 16.6. The fourth-order valence-electron chi connectivity index (χ4n) is 9.02. The van der Waals surface area contributed by atoms with Crippen LogP contribution in [0, 0.1) is 0 Å². The molecule has 0 atom stereocenters. The highest BCUT2D eigenvalue weighted by Gasteiger charge is 2.17. The molecule has 0 unspecified atom stereocenters. The van der Waals surface area contributed by atoms with Gasteiger partial charge in [0.25, 0.3) is 0 Å². The first-order valence-electron chi connectivity index (χ1n) is 24.0. The lowest BCUT2D eigenvalue weighted by atomic mass is 9.89. The summed E-state index contributed by atoms with van der Waals surface area (Å²) < 4.78 is 0. The van der Waals surface area contributed by atoms with Gasteiger partial charge in [-0.05, 0) is 92.0 Å². The van der Waals surface area contributed by atoms with Crippen molar-refractivity contribution in [3.05, 3.63) is 267 Å². The van der Waals surface area contributed by atoms with Gasteiger partial charge in [0.05, 0.1) is 0 Å². The van der Waals surface area contributed by atoms with Crippen LogP contribution in [0.4, 0.5) is 0 Å².